The molecule has 0 bridgehead atoms. The molecule has 0 spiro atoms. The van der Waals surface area contributed by atoms with E-state index in [0.29, 0.717) is 24.2 Å². The van der Waals surface area contributed by atoms with Gasteiger partial charge < -0.3 is 10.4 Å². The van der Waals surface area contributed by atoms with E-state index in [2.05, 4.69) is 41.4 Å². The maximum Gasteiger partial charge on any atom is 0.129 e. The SMILES string of the molecule is CC(c1ccccc1)N1CCC(NCC(O)c2ccccc2F)C1. The Morgan fingerprint density at radius 1 is 1.17 bits per heavy atom. The first-order chi connectivity index (χ1) is 11.6. The topological polar surface area (TPSA) is 35.5 Å². The predicted molar refractivity (Wildman–Crippen MR) is 94.2 cm³/mol. The lowest BCUT2D eigenvalue weighted by molar-refractivity contribution is 0.164. The van der Waals surface area contributed by atoms with Crippen LogP contribution >= 0.6 is 0 Å². The first-order valence-corrected chi connectivity index (χ1v) is 8.60. The summed E-state index contributed by atoms with van der Waals surface area (Å²) >= 11 is 0. The molecule has 1 aliphatic rings. The molecule has 1 heterocycles. The summed E-state index contributed by atoms with van der Waals surface area (Å²) < 4.78 is 13.7. The van der Waals surface area contributed by atoms with Gasteiger partial charge in [0.25, 0.3) is 0 Å². The van der Waals surface area contributed by atoms with Crippen molar-refractivity contribution in [3.63, 3.8) is 0 Å². The first kappa shape index (κ1) is 17.1. The second-order valence-corrected chi connectivity index (χ2v) is 6.51. The van der Waals surface area contributed by atoms with Crippen molar-refractivity contribution in [3.8, 4) is 0 Å². The average Bonchev–Trinajstić information content (AvgIpc) is 3.09. The van der Waals surface area contributed by atoms with Crippen molar-refractivity contribution in [2.24, 2.45) is 0 Å². The van der Waals surface area contributed by atoms with Gasteiger partial charge in [0.2, 0.25) is 0 Å². The third kappa shape index (κ3) is 4.01. The van der Waals surface area contributed by atoms with Crippen molar-refractivity contribution in [1.82, 2.24) is 10.2 Å². The number of hydrogen-bond donors (Lipinski definition) is 2. The zero-order valence-corrected chi connectivity index (χ0v) is 14.0. The molecule has 0 saturated carbocycles. The Balaban J connectivity index is 1.51. The fraction of sp³-hybridized carbons (Fsp3) is 0.400. The van der Waals surface area contributed by atoms with Crippen molar-refractivity contribution in [2.45, 2.75) is 31.5 Å². The Labute approximate surface area is 143 Å². The van der Waals surface area contributed by atoms with Crippen LogP contribution in [0.2, 0.25) is 0 Å². The molecule has 1 fully saturated rings. The Kier molecular flexibility index (Phi) is 5.61. The number of halogens is 1. The highest BCUT2D eigenvalue weighted by atomic mass is 19.1. The summed E-state index contributed by atoms with van der Waals surface area (Å²) in [7, 11) is 0. The molecule has 0 aliphatic carbocycles. The molecular weight excluding hydrogens is 303 g/mol. The molecule has 4 heteroatoms. The molecule has 2 aromatic carbocycles. The van der Waals surface area contributed by atoms with Crippen LogP contribution in [-0.2, 0) is 0 Å². The molecule has 2 aromatic rings. The van der Waals surface area contributed by atoms with Gasteiger partial charge in [0.1, 0.15) is 5.82 Å². The summed E-state index contributed by atoms with van der Waals surface area (Å²) in [6.07, 6.45) is 0.230. The van der Waals surface area contributed by atoms with Gasteiger partial charge in [0, 0.05) is 37.3 Å². The van der Waals surface area contributed by atoms with Gasteiger partial charge in [-0.2, -0.15) is 0 Å². The molecule has 3 atom stereocenters. The maximum absolute atomic E-state index is 13.7. The highest BCUT2D eigenvalue weighted by Crippen LogP contribution is 2.25. The molecule has 1 aliphatic heterocycles. The van der Waals surface area contributed by atoms with E-state index in [9.17, 15) is 9.50 Å². The van der Waals surface area contributed by atoms with Crippen molar-refractivity contribution >= 4 is 0 Å². The van der Waals surface area contributed by atoms with Crippen molar-refractivity contribution in [2.75, 3.05) is 19.6 Å². The van der Waals surface area contributed by atoms with Crippen LogP contribution in [0.1, 0.15) is 36.6 Å². The summed E-state index contributed by atoms with van der Waals surface area (Å²) in [5, 5.41) is 13.6. The lowest BCUT2D eigenvalue weighted by Crippen LogP contribution is -2.36. The molecule has 3 nitrogen and oxygen atoms in total. The number of benzene rings is 2. The second kappa shape index (κ2) is 7.88. The van der Waals surface area contributed by atoms with Gasteiger partial charge in [0.15, 0.2) is 0 Å². The summed E-state index contributed by atoms with van der Waals surface area (Å²) in [6, 6.07) is 17.6. The quantitative estimate of drug-likeness (QED) is 0.854. The van der Waals surface area contributed by atoms with Crippen molar-refractivity contribution in [1.29, 1.82) is 0 Å². The smallest absolute Gasteiger partial charge is 0.129 e. The predicted octanol–water partition coefficient (Wildman–Crippen LogP) is 3.28. The van der Waals surface area contributed by atoms with E-state index in [-0.39, 0.29) is 5.82 Å². The number of nitrogens with zero attached hydrogens (tertiary/aromatic N) is 1. The molecule has 0 amide bonds. The van der Waals surface area contributed by atoms with Crippen LogP contribution in [0.25, 0.3) is 0 Å². The largest absolute Gasteiger partial charge is 0.387 e. The van der Waals surface area contributed by atoms with Gasteiger partial charge in [-0.25, -0.2) is 4.39 Å². The van der Waals surface area contributed by atoms with Gasteiger partial charge in [-0.1, -0.05) is 48.5 Å². The fourth-order valence-corrected chi connectivity index (χ4v) is 3.38. The summed E-state index contributed by atoms with van der Waals surface area (Å²) in [5.74, 6) is -0.349. The van der Waals surface area contributed by atoms with Gasteiger partial charge in [-0.05, 0) is 25.0 Å². The van der Waals surface area contributed by atoms with E-state index in [0.717, 1.165) is 19.5 Å². The number of hydrogen-bond acceptors (Lipinski definition) is 3. The van der Waals surface area contributed by atoms with Gasteiger partial charge in [0.05, 0.1) is 6.10 Å². The molecule has 0 aromatic heterocycles. The average molecular weight is 328 g/mol. The highest BCUT2D eigenvalue weighted by molar-refractivity contribution is 5.20. The number of rotatable bonds is 6. The minimum absolute atomic E-state index is 0.331. The number of aliphatic hydroxyl groups is 1. The molecule has 24 heavy (non-hydrogen) atoms. The normalized spacial score (nSPS) is 20.9. The summed E-state index contributed by atoms with van der Waals surface area (Å²) in [5.41, 5.74) is 1.68. The molecule has 128 valence electrons. The Bertz CT molecular complexity index is 649. The molecular formula is C20H25FN2O. The maximum atomic E-state index is 13.7. The van der Waals surface area contributed by atoms with Crippen LogP contribution in [0.5, 0.6) is 0 Å². The third-order valence-corrected chi connectivity index (χ3v) is 4.91. The summed E-state index contributed by atoms with van der Waals surface area (Å²) in [6.45, 7) is 4.58. The van der Waals surface area contributed by atoms with E-state index in [4.69, 9.17) is 0 Å². The number of nitrogens with one attached hydrogen (secondary N) is 1. The molecule has 3 unspecified atom stereocenters. The van der Waals surface area contributed by atoms with Crippen LogP contribution < -0.4 is 5.32 Å². The lowest BCUT2D eigenvalue weighted by Gasteiger charge is -2.25. The zero-order chi connectivity index (χ0) is 16.9. The molecule has 0 radical (unpaired) electrons. The fourth-order valence-electron chi connectivity index (χ4n) is 3.38. The van der Waals surface area contributed by atoms with Crippen LogP contribution in [-0.4, -0.2) is 35.7 Å². The number of aliphatic hydroxyl groups excluding tert-OH is 1. The lowest BCUT2D eigenvalue weighted by atomic mass is 10.1. The van der Waals surface area contributed by atoms with Crippen LogP contribution in [0.15, 0.2) is 54.6 Å². The minimum Gasteiger partial charge on any atom is -0.387 e. The Morgan fingerprint density at radius 2 is 1.88 bits per heavy atom. The molecule has 1 saturated heterocycles. The molecule has 3 rings (SSSR count). The zero-order valence-electron chi connectivity index (χ0n) is 14.0. The second-order valence-electron chi connectivity index (χ2n) is 6.51. The third-order valence-electron chi connectivity index (χ3n) is 4.91. The van der Waals surface area contributed by atoms with Crippen LogP contribution in [0.4, 0.5) is 4.39 Å². The Hall–Kier alpha value is -1.75. The van der Waals surface area contributed by atoms with Gasteiger partial charge in [-0.3, -0.25) is 4.90 Å². The van der Waals surface area contributed by atoms with Crippen LogP contribution in [0.3, 0.4) is 0 Å². The minimum atomic E-state index is -0.813. The Morgan fingerprint density at radius 3 is 2.62 bits per heavy atom. The van der Waals surface area contributed by atoms with Crippen LogP contribution in [0, 0.1) is 5.82 Å². The number of likely N-dealkylation sites (tertiary alicyclic amines) is 1. The first-order valence-electron chi connectivity index (χ1n) is 8.60. The summed E-state index contributed by atoms with van der Waals surface area (Å²) in [4.78, 5) is 2.45. The van der Waals surface area contributed by atoms with E-state index in [1.807, 2.05) is 6.07 Å². The van der Waals surface area contributed by atoms with E-state index >= 15 is 0 Å². The highest BCUT2D eigenvalue weighted by Gasteiger charge is 2.27. The van der Waals surface area contributed by atoms with E-state index in [1.54, 1.807) is 18.2 Å². The van der Waals surface area contributed by atoms with Gasteiger partial charge >= 0.3 is 0 Å². The van der Waals surface area contributed by atoms with Crippen molar-refractivity contribution < 1.29 is 9.50 Å². The van der Waals surface area contributed by atoms with E-state index < -0.39 is 6.10 Å². The van der Waals surface area contributed by atoms with Gasteiger partial charge in [-0.15, -0.1) is 0 Å². The van der Waals surface area contributed by atoms with Crippen molar-refractivity contribution in [3.05, 3.63) is 71.5 Å². The monoisotopic (exact) mass is 328 g/mol. The molecule has 2 N–H and O–H groups in total. The van der Waals surface area contributed by atoms with E-state index in [1.165, 1.54) is 11.6 Å². The standard InChI is InChI=1S/C20H25FN2O/c1-15(16-7-3-2-4-8-16)23-12-11-17(14-23)22-13-20(24)18-9-5-6-10-19(18)21/h2-10,15,17,20,22,24H,11-14H2,1H3.